The first-order valence-electron chi connectivity index (χ1n) is 12.9. The van der Waals surface area contributed by atoms with Crippen molar-refractivity contribution in [3.8, 4) is 5.75 Å². The lowest BCUT2D eigenvalue weighted by molar-refractivity contribution is -0.141. The molecule has 0 saturated heterocycles. The molecule has 3 aromatic carbocycles. The van der Waals surface area contributed by atoms with Gasteiger partial charge in [-0.15, -0.1) is 0 Å². The van der Waals surface area contributed by atoms with E-state index in [9.17, 15) is 9.59 Å². The summed E-state index contributed by atoms with van der Waals surface area (Å²) in [5.74, 6) is 0.826. The van der Waals surface area contributed by atoms with Gasteiger partial charge >= 0.3 is 0 Å². The number of ether oxygens (including phenoxy) is 1. The molecule has 0 aliphatic heterocycles. The fourth-order valence-corrected chi connectivity index (χ4v) is 4.08. The van der Waals surface area contributed by atoms with Gasteiger partial charge in [0.25, 0.3) is 0 Å². The zero-order valence-corrected chi connectivity index (χ0v) is 22.7. The molecule has 0 fully saturated rings. The Morgan fingerprint density at radius 2 is 1.59 bits per heavy atom. The second-order valence-electron chi connectivity index (χ2n) is 9.76. The fraction of sp³-hybridized carbons (Fsp3) is 0.355. The van der Waals surface area contributed by atoms with Crippen LogP contribution in [0.2, 0.25) is 5.02 Å². The number of carbonyl (C=O) groups excluding carboxylic acids is 2. The number of nitrogens with one attached hydrogen (secondary N) is 1. The Hall–Kier alpha value is -3.31. The third-order valence-corrected chi connectivity index (χ3v) is 6.30. The number of amides is 2. The van der Waals surface area contributed by atoms with Gasteiger partial charge in [0.1, 0.15) is 11.8 Å². The van der Waals surface area contributed by atoms with Crippen LogP contribution in [0.4, 0.5) is 0 Å². The van der Waals surface area contributed by atoms with Crippen molar-refractivity contribution >= 4 is 23.4 Å². The van der Waals surface area contributed by atoms with Crippen molar-refractivity contribution in [1.29, 1.82) is 0 Å². The number of hydrogen-bond acceptors (Lipinski definition) is 3. The minimum absolute atomic E-state index is 0.0686. The average Bonchev–Trinajstić information content (AvgIpc) is 2.89. The number of aryl methyl sites for hydroxylation is 1. The Morgan fingerprint density at radius 3 is 2.24 bits per heavy atom. The Labute approximate surface area is 225 Å². The zero-order valence-electron chi connectivity index (χ0n) is 22.0. The number of halogens is 1. The fourth-order valence-electron chi connectivity index (χ4n) is 3.95. The smallest absolute Gasteiger partial charge is 0.243 e. The Bertz CT molecular complexity index is 1120. The molecule has 196 valence electrons. The lowest BCUT2D eigenvalue weighted by Gasteiger charge is -2.32. The van der Waals surface area contributed by atoms with E-state index in [-0.39, 0.29) is 18.2 Å². The van der Waals surface area contributed by atoms with Crippen molar-refractivity contribution in [3.63, 3.8) is 0 Å². The van der Waals surface area contributed by atoms with E-state index in [0.29, 0.717) is 49.2 Å². The molecular formula is C31H37ClN2O3. The SMILES string of the molecule is Cc1ccc(CN(C(=O)CCCOc2ccc(Cl)cc2)[C@H](Cc2ccccc2)C(=O)NCC(C)C)cc1. The second kappa shape index (κ2) is 14.4. The van der Waals surface area contributed by atoms with Gasteiger partial charge in [-0.1, -0.05) is 85.6 Å². The maximum Gasteiger partial charge on any atom is 0.243 e. The number of nitrogens with zero attached hydrogens (tertiary/aromatic N) is 1. The summed E-state index contributed by atoms with van der Waals surface area (Å²) in [6, 6.07) is 24.5. The van der Waals surface area contributed by atoms with Gasteiger partial charge in [0.2, 0.25) is 11.8 Å². The van der Waals surface area contributed by atoms with Gasteiger partial charge in [-0.05, 0) is 54.7 Å². The van der Waals surface area contributed by atoms with Gasteiger partial charge in [-0.3, -0.25) is 9.59 Å². The molecule has 0 radical (unpaired) electrons. The molecular weight excluding hydrogens is 484 g/mol. The van der Waals surface area contributed by atoms with E-state index in [0.717, 1.165) is 16.7 Å². The van der Waals surface area contributed by atoms with Crippen molar-refractivity contribution in [2.24, 2.45) is 5.92 Å². The predicted molar refractivity (Wildman–Crippen MR) is 150 cm³/mol. The molecule has 0 bridgehead atoms. The minimum Gasteiger partial charge on any atom is -0.494 e. The number of benzene rings is 3. The second-order valence-corrected chi connectivity index (χ2v) is 10.2. The van der Waals surface area contributed by atoms with Crippen molar-refractivity contribution in [3.05, 3.63) is 101 Å². The van der Waals surface area contributed by atoms with E-state index in [1.807, 2.05) is 73.7 Å². The van der Waals surface area contributed by atoms with E-state index in [1.165, 1.54) is 0 Å². The molecule has 1 atom stereocenters. The van der Waals surface area contributed by atoms with Crippen molar-refractivity contribution in [1.82, 2.24) is 10.2 Å². The van der Waals surface area contributed by atoms with Gasteiger partial charge in [-0.2, -0.15) is 0 Å². The lowest BCUT2D eigenvalue weighted by atomic mass is 10.0. The first-order valence-corrected chi connectivity index (χ1v) is 13.2. The molecule has 3 aromatic rings. The van der Waals surface area contributed by atoms with Crippen LogP contribution in [0.15, 0.2) is 78.9 Å². The maximum absolute atomic E-state index is 13.6. The number of rotatable bonds is 13. The van der Waals surface area contributed by atoms with Crippen LogP contribution in [-0.2, 0) is 22.6 Å². The summed E-state index contributed by atoms with van der Waals surface area (Å²) in [4.78, 5) is 28.8. The average molecular weight is 521 g/mol. The topological polar surface area (TPSA) is 58.6 Å². The molecule has 6 heteroatoms. The highest BCUT2D eigenvalue weighted by Gasteiger charge is 2.30. The molecule has 0 spiro atoms. The summed E-state index contributed by atoms with van der Waals surface area (Å²) in [5, 5.41) is 3.71. The Morgan fingerprint density at radius 1 is 0.919 bits per heavy atom. The van der Waals surface area contributed by atoms with Gasteiger partial charge in [0.05, 0.1) is 6.61 Å². The molecule has 0 unspecified atom stereocenters. The third kappa shape index (κ3) is 9.58. The van der Waals surface area contributed by atoms with Crippen LogP contribution < -0.4 is 10.1 Å². The molecule has 1 N–H and O–H groups in total. The molecule has 3 rings (SSSR count). The molecule has 0 aromatic heterocycles. The minimum atomic E-state index is -0.618. The molecule has 0 heterocycles. The highest BCUT2D eigenvalue weighted by Crippen LogP contribution is 2.18. The van der Waals surface area contributed by atoms with Crippen LogP contribution in [-0.4, -0.2) is 35.9 Å². The van der Waals surface area contributed by atoms with E-state index in [4.69, 9.17) is 16.3 Å². The van der Waals surface area contributed by atoms with Gasteiger partial charge in [-0.25, -0.2) is 0 Å². The molecule has 0 aliphatic rings. The quantitative estimate of drug-likeness (QED) is 0.272. The molecule has 0 aliphatic carbocycles. The van der Waals surface area contributed by atoms with E-state index >= 15 is 0 Å². The van der Waals surface area contributed by atoms with Crippen LogP contribution >= 0.6 is 11.6 Å². The van der Waals surface area contributed by atoms with Crippen LogP contribution in [0.1, 0.15) is 43.4 Å². The zero-order chi connectivity index (χ0) is 26.6. The van der Waals surface area contributed by atoms with Crippen LogP contribution in [0.5, 0.6) is 5.75 Å². The predicted octanol–water partition coefficient (Wildman–Crippen LogP) is 6.22. The van der Waals surface area contributed by atoms with E-state index in [1.54, 1.807) is 17.0 Å². The summed E-state index contributed by atoms with van der Waals surface area (Å²) >= 11 is 5.94. The highest BCUT2D eigenvalue weighted by atomic mass is 35.5. The summed E-state index contributed by atoms with van der Waals surface area (Å²) in [6.07, 6.45) is 1.27. The summed E-state index contributed by atoms with van der Waals surface area (Å²) in [6.45, 7) is 7.47. The van der Waals surface area contributed by atoms with Crippen LogP contribution in [0.3, 0.4) is 0 Å². The third-order valence-electron chi connectivity index (χ3n) is 6.05. The van der Waals surface area contributed by atoms with Crippen LogP contribution in [0, 0.1) is 12.8 Å². The molecule has 2 amide bonds. The first-order chi connectivity index (χ1) is 17.8. The summed E-state index contributed by atoms with van der Waals surface area (Å²) in [7, 11) is 0. The molecule has 37 heavy (non-hydrogen) atoms. The van der Waals surface area contributed by atoms with Crippen molar-refractivity contribution in [2.45, 2.75) is 52.6 Å². The lowest BCUT2D eigenvalue weighted by Crippen LogP contribution is -2.51. The summed E-state index contributed by atoms with van der Waals surface area (Å²) < 4.78 is 5.78. The Balaban J connectivity index is 1.77. The normalized spacial score (nSPS) is 11.7. The maximum atomic E-state index is 13.6. The van der Waals surface area contributed by atoms with Gasteiger partial charge in [0, 0.05) is 31.0 Å². The van der Waals surface area contributed by atoms with Crippen LogP contribution in [0.25, 0.3) is 0 Å². The highest BCUT2D eigenvalue weighted by molar-refractivity contribution is 6.30. The van der Waals surface area contributed by atoms with Crippen molar-refractivity contribution in [2.75, 3.05) is 13.2 Å². The van der Waals surface area contributed by atoms with E-state index in [2.05, 4.69) is 19.2 Å². The largest absolute Gasteiger partial charge is 0.494 e. The van der Waals surface area contributed by atoms with Gasteiger partial charge < -0.3 is 15.0 Å². The number of hydrogen-bond donors (Lipinski definition) is 1. The number of carbonyl (C=O) groups is 2. The monoisotopic (exact) mass is 520 g/mol. The van der Waals surface area contributed by atoms with Crippen molar-refractivity contribution < 1.29 is 14.3 Å². The first kappa shape index (κ1) is 28.3. The standard InChI is InChI=1S/C31H37ClN2O3/c1-23(2)21-33-31(36)29(20-25-8-5-4-6-9-25)34(22-26-13-11-24(3)12-14-26)30(35)10-7-19-37-28-17-15-27(32)16-18-28/h4-6,8-9,11-18,23,29H,7,10,19-22H2,1-3H3,(H,33,36)/t29-/m1/s1. The Kier molecular flexibility index (Phi) is 11.0. The molecule has 0 saturated carbocycles. The van der Waals surface area contributed by atoms with Gasteiger partial charge in [0.15, 0.2) is 0 Å². The summed E-state index contributed by atoms with van der Waals surface area (Å²) in [5.41, 5.74) is 3.16. The molecule has 5 nitrogen and oxygen atoms in total. The van der Waals surface area contributed by atoms with E-state index < -0.39 is 6.04 Å².